The van der Waals surface area contributed by atoms with Crippen LogP contribution in [-0.2, 0) is 9.47 Å². The molecule has 5 heteroatoms. The van der Waals surface area contributed by atoms with E-state index >= 15 is 0 Å². The van der Waals surface area contributed by atoms with Crippen LogP contribution in [0.25, 0.3) is 0 Å². The Balaban J connectivity index is 2.01. The van der Waals surface area contributed by atoms with Crippen molar-refractivity contribution < 1.29 is 18.3 Å². The summed E-state index contributed by atoms with van der Waals surface area (Å²) in [6.45, 7) is 5.71. The first-order valence-electron chi connectivity index (χ1n) is 8.07. The van der Waals surface area contributed by atoms with Gasteiger partial charge in [0.2, 0.25) is 0 Å². The zero-order valence-electron chi connectivity index (χ0n) is 13.1. The van der Waals surface area contributed by atoms with Crippen molar-refractivity contribution in [2.75, 3.05) is 32.9 Å². The second-order valence-electron chi connectivity index (χ2n) is 5.62. The Morgan fingerprint density at radius 1 is 1.27 bits per heavy atom. The highest BCUT2D eigenvalue weighted by molar-refractivity contribution is 5.21. The SMILES string of the molecule is CCOCCCOC(c1ccc(F)c(F)c1)C1CCCNC1. The first-order valence-corrected chi connectivity index (χ1v) is 8.07. The number of benzene rings is 1. The van der Waals surface area contributed by atoms with E-state index in [1.807, 2.05) is 6.92 Å². The Morgan fingerprint density at radius 3 is 2.82 bits per heavy atom. The molecule has 2 unspecified atom stereocenters. The van der Waals surface area contributed by atoms with E-state index < -0.39 is 11.6 Å². The number of hydrogen-bond donors (Lipinski definition) is 1. The van der Waals surface area contributed by atoms with Crippen molar-refractivity contribution >= 4 is 0 Å². The number of halogens is 2. The minimum atomic E-state index is -0.819. The maximum absolute atomic E-state index is 13.5. The van der Waals surface area contributed by atoms with Crippen molar-refractivity contribution in [1.82, 2.24) is 5.32 Å². The van der Waals surface area contributed by atoms with E-state index in [1.165, 1.54) is 12.1 Å². The third-order valence-electron chi connectivity index (χ3n) is 3.97. The van der Waals surface area contributed by atoms with Gasteiger partial charge in [-0.25, -0.2) is 8.78 Å². The maximum atomic E-state index is 13.5. The Bertz CT molecular complexity index is 450. The fourth-order valence-electron chi connectivity index (χ4n) is 2.85. The molecule has 2 rings (SSSR count). The van der Waals surface area contributed by atoms with Gasteiger partial charge in [0.15, 0.2) is 11.6 Å². The Morgan fingerprint density at radius 2 is 2.14 bits per heavy atom. The van der Waals surface area contributed by atoms with Gasteiger partial charge in [-0.15, -0.1) is 0 Å². The summed E-state index contributed by atoms with van der Waals surface area (Å²) in [4.78, 5) is 0. The average molecular weight is 313 g/mol. The zero-order valence-corrected chi connectivity index (χ0v) is 13.1. The van der Waals surface area contributed by atoms with E-state index in [1.54, 1.807) is 6.07 Å². The first kappa shape index (κ1) is 17.3. The molecule has 1 aliphatic heterocycles. The van der Waals surface area contributed by atoms with Crippen LogP contribution in [0.1, 0.15) is 37.9 Å². The lowest BCUT2D eigenvalue weighted by atomic mass is 9.89. The van der Waals surface area contributed by atoms with Crippen LogP contribution in [0.5, 0.6) is 0 Å². The molecule has 0 saturated carbocycles. The average Bonchev–Trinajstić information content (AvgIpc) is 2.55. The van der Waals surface area contributed by atoms with E-state index in [4.69, 9.17) is 9.47 Å². The summed E-state index contributed by atoms with van der Waals surface area (Å²) < 4.78 is 38.0. The van der Waals surface area contributed by atoms with Crippen molar-refractivity contribution in [3.05, 3.63) is 35.4 Å². The number of piperidine rings is 1. The van der Waals surface area contributed by atoms with Crippen LogP contribution in [0.4, 0.5) is 8.78 Å². The summed E-state index contributed by atoms with van der Waals surface area (Å²) in [5, 5.41) is 3.35. The number of rotatable bonds is 8. The molecule has 1 fully saturated rings. The van der Waals surface area contributed by atoms with Crippen molar-refractivity contribution in [2.45, 2.75) is 32.3 Å². The van der Waals surface area contributed by atoms with Crippen molar-refractivity contribution in [3.8, 4) is 0 Å². The minimum absolute atomic E-state index is 0.204. The highest BCUT2D eigenvalue weighted by Crippen LogP contribution is 2.31. The predicted octanol–water partition coefficient (Wildman–Crippen LogP) is 3.45. The monoisotopic (exact) mass is 313 g/mol. The molecule has 1 saturated heterocycles. The van der Waals surface area contributed by atoms with Gasteiger partial charge in [0, 0.05) is 32.3 Å². The molecule has 1 aliphatic rings. The summed E-state index contributed by atoms with van der Waals surface area (Å²) in [5.41, 5.74) is 0.712. The lowest BCUT2D eigenvalue weighted by Gasteiger charge is -2.31. The molecule has 22 heavy (non-hydrogen) atoms. The van der Waals surface area contributed by atoms with E-state index in [9.17, 15) is 8.78 Å². The smallest absolute Gasteiger partial charge is 0.159 e. The molecule has 0 amide bonds. The molecule has 0 spiro atoms. The molecule has 0 aliphatic carbocycles. The molecule has 0 aromatic heterocycles. The van der Waals surface area contributed by atoms with Crippen molar-refractivity contribution in [2.24, 2.45) is 5.92 Å². The minimum Gasteiger partial charge on any atom is -0.382 e. The van der Waals surface area contributed by atoms with Gasteiger partial charge >= 0.3 is 0 Å². The lowest BCUT2D eigenvalue weighted by molar-refractivity contribution is -0.00739. The van der Waals surface area contributed by atoms with Gasteiger partial charge in [0.1, 0.15) is 0 Å². The summed E-state index contributed by atoms with van der Waals surface area (Å²) in [6, 6.07) is 4.06. The molecular formula is C17H25F2NO2. The van der Waals surface area contributed by atoms with Crippen LogP contribution < -0.4 is 5.32 Å². The molecule has 2 atom stereocenters. The molecule has 1 aromatic rings. The topological polar surface area (TPSA) is 30.5 Å². The van der Waals surface area contributed by atoms with Gasteiger partial charge in [-0.3, -0.25) is 0 Å². The zero-order chi connectivity index (χ0) is 15.8. The standard InChI is InChI=1S/C17H25F2NO2/c1-2-21-9-4-10-22-17(14-5-3-8-20-12-14)13-6-7-15(18)16(19)11-13/h6-7,11,14,17,20H,2-5,8-10,12H2,1H3. The first-order chi connectivity index (χ1) is 10.7. The highest BCUT2D eigenvalue weighted by atomic mass is 19.2. The second kappa shape index (κ2) is 9.18. The van der Waals surface area contributed by atoms with Crippen LogP contribution in [0.2, 0.25) is 0 Å². The molecule has 0 bridgehead atoms. The summed E-state index contributed by atoms with van der Waals surface area (Å²) in [6.07, 6.45) is 2.70. The van der Waals surface area contributed by atoms with Crippen LogP contribution in [0.3, 0.4) is 0 Å². The number of hydrogen-bond acceptors (Lipinski definition) is 3. The van der Waals surface area contributed by atoms with Crippen molar-refractivity contribution in [1.29, 1.82) is 0 Å². The van der Waals surface area contributed by atoms with Gasteiger partial charge in [-0.05, 0) is 50.4 Å². The molecule has 124 valence electrons. The molecule has 1 heterocycles. The Labute approximate surface area is 131 Å². The lowest BCUT2D eigenvalue weighted by Crippen LogP contribution is -2.34. The molecule has 1 N–H and O–H groups in total. The quantitative estimate of drug-likeness (QED) is 0.746. The van der Waals surface area contributed by atoms with E-state index in [2.05, 4.69) is 5.32 Å². The normalized spacial score (nSPS) is 20.0. The van der Waals surface area contributed by atoms with Crippen LogP contribution >= 0.6 is 0 Å². The van der Waals surface area contributed by atoms with Gasteiger partial charge in [-0.2, -0.15) is 0 Å². The third-order valence-corrected chi connectivity index (χ3v) is 3.97. The Kier molecular flexibility index (Phi) is 7.22. The van der Waals surface area contributed by atoms with Crippen LogP contribution in [0, 0.1) is 17.6 Å². The van der Waals surface area contributed by atoms with Gasteiger partial charge in [0.25, 0.3) is 0 Å². The fraction of sp³-hybridized carbons (Fsp3) is 0.647. The largest absolute Gasteiger partial charge is 0.382 e. The molecule has 3 nitrogen and oxygen atoms in total. The second-order valence-corrected chi connectivity index (χ2v) is 5.62. The van der Waals surface area contributed by atoms with Crippen LogP contribution in [-0.4, -0.2) is 32.9 Å². The summed E-state index contributed by atoms with van der Waals surface area (Å²) in [5.74, 6) is -1.35. The van der Waals surface area contributed by atoms with Gasteiger partial charge in [0.05, 0.1) is 6.10 Å². The number of nitrogens with one attached hydrogen (secondary N) is 1. The Hall–Kier alpha value is -1.04. The highest BCUT2D eigenvalue weighted by Gasteiger charge is 2.26. The van der Waals surface area contributed by atoms with E-state index in [-0.39, 0.29) is 12.0 Å². The van der Waals surface area contributed by atoms with Crippen LogP contribution in [0.15, 0.2) is 18.2 Å². The van der Waals surface area contributed by atoms with Gasteiger partial charge < -0.3 is 14.8 Å². The fourth-order valence-corrected chi connectivity index (χ4v) is 2.85. The van der Waals surface area contributed by atoms with Crippen molar-refractivity contribution in [3.63, 3.8) is 0 Å². The predicted molar refractivity (Wildman–Crippen MR) is 81.8 cm³/mol. The summed E-state index contributed by atoms with van der Waals surface area (Å²) >= 11 is 0. The van der Waals surface area contributed by atoms with Gasteiger partial charge in [-0.1, -0.05) is 6.07 Å². The van der Waals surface area contributed by atoms with E-state index in [0.717, 1.165) is 32.4 Å². The third kappa shape index (κ3) is 5.00. The molecule has 1 aromatic carbocycles. The molecular weight excluding hydrogens is 288 g/mol. The number of ether oxygens (including phenoxy) is 2. The molecule has 0 radical (unpaired) electrons. The van der Waals surface area contributed by atoms with E-state index in [0.29, 0.717) is 25.4 Å². The maximum Gasteiger partial charge on any atom is 0.159 e. The summed E-state index contributed by atoms with van der Waals surface area (Å²) in [7, 11) is 0.